The Kier molecular flexibility index (Phi) is 4.50. The Morgan fingerprint density at radius 2 is 1.95 bits per heavy atom. The summed E-state index contributed by atoms with van der Waals surface area (Å²) in [6, 6.07) is 8.75. The molecule has 2 rings (SSSR count). The molecule has 1 aromatic carbocycles. The van der Waals surface area contributed by atoms with Gasteiger partial charge in [-0.25, -0.2) is 0 Å². The van der Waals surface area contributed by atoms with Gasteiger partial charge in [0.1, 0.15) is 5.75 Å². The highest BCUT2D eigenvalue weighted by Crippen LogP contribution is 2.34. The van der Waals surface area contributed by atoms with E-state index in [9.17, 15) is 8.78 Å². The average molecular weight is 283 g/mol. The van der Waals surface area contributed by atoms with E-state index in [0.29, 0.717) is 0 Å². The van der Waals surface area contributed by atoms with Crippen LogP contribution >= 0.6 is 11.3 Å². The number of rotatable bonds is 5. The van der Waals surface area contributed by atoms with Crippen molar-refractivity contribution in [2.45, 2.75) is 19.6 Å². The SMILES string of the molecule is CNC(c1ccccc1OC(F)F)c1sccc1C. The van der Waals surface area contributed by atoms with E-state index in [0.717, 1.165) is 16.0 Å². The van der Waals surface area contributed by atoms with Crippen LogP contribution in [0.5, 0.6) is 5.75 Å². The number of para-hydroxylation sites is 1. The van der Waals surface area contributed by atoms with Crippen molar-refractivity contribution in [2.75, 3.05) is 7.05 Å². The Morgan fingerprint density at radius 1 is 1.21 bits per heavy atom. The molecular formula is C14H15F2NOS. The Morgan fingerprint density at radius 3 is 2.53 bits per heavy atom. The summed E-state index contributed by atoms with van der Waals surface area (Å²) in [6.45, 7) is -0.810. The number of aryl methyl sites for hydroxylation is 1. The van der Waals surface area contributed by atoms with Crippen LogP contribution in [0, 0.1) is 6.92 Å². The molecule has 0 aliphatic heterocycles. The predicted octanol–water partition coefficient (Wildman–Crippen LogP) is 3.97. The van der Waals surface area contributed by atoms with Gasteiger partial charge in [-0.15, -0.1) is 11.3 Å². The molecule has 5 heteroatoms. The zero-order valence-corrected chi connectivity index (χ0v) is 11.5. The molecule has 1 atom stereocenters. The Balaban J connectivity index is 2.41. The van der Waals surface area contributed by atoms with Crippen LogP contribution in [-0.2, 0) is 0 Å². The van der Waals surface area contributed by atoms with Gasteiger partial charge in [0, 0.05) is 10.4 Å². The standard InChI is InChI=1S/C14H15F2NOS/c1-9-7-8-19-13(9)12(17-2)10-5-3-4-6-11(10)18-14(15)16/h3-8,12,14,17H,1-2H3. The van der Waals surface area contributed by atoms with Crippen molar-refractivity contribution < 1.29 is 13.5 Å². The van der Waals surface area contributed by atoms with E-state index in [-0.39, 0.29) is 11.8 Å². The minimum absolute atomic E-state index is 0.144. The fourth-order valence-electron chi connectivity index (χ4n) is 2.03. The monoisotopic (exact) mass is 283 g/mol. The molecule has 2 aromatic rings. The summed E-state index contributed by atoms with van der Waals surface area (Å²) in [6.07, 6.45) is 0. The molecule has 0 radical (unpaired) electrons. The highest BCUT2D eigenvalue weighted by atomic mass is 32.1. The quantitative estimate of drug-likeness (QED) is 0.896. The first-order valence-electron chi connectivity index (χ1n) is 5.88. The summed E-state index contributed by atoms with van der Waals surface area (Å²) in [4.78, 5) is 1.10. The maximum atomic E-state index is 12.4. The average Bonchev–Trinajstić information content (AvgIpc) is 2.78. The molecule has 1 N–H and O–H groups in total. The topological polar surface area (TPSA) is 21.3 Å². The lowest BCUT2D eigenvalue weighted by Gasteiger charge is -2.19. The second-order valence-corrected chi connectivity index (χ2v) is 5.05. The number of alkyl halides is 2. The Hall–Kier alpha value is -1.46. The molecule has 2 nitrogen and oxygen atoms in total. The normalized spacial score (nSPS) is 12.7. The molecule has 0 aliphatic carbocycles. The molecule has 1 heterocycles. The summed E-state index contributed by atoms with van der Waals surface area (Å²) in [5, 5.41) is 5.15. The van der Waals surface area contributed by atoms with Crippen molar-refractivity contribution in [1.82, 2.24) is 5.32 Å². The van der Waals surface area contributed by atoms with E-state index in [2.05, 4.69) is 10.1 Å². The highest BCUT2D eigenvalue weighted by molar-refractivity contribution is 7.10. The van der Waals surface area contributed by atoms with Gasteiger partial charge in [0.2, 0.25) is 0 Å². The van der Waals surface area contributed by atoms with E-state index in [1.807, 2.05) is 31.5 Å². The van der Waals surface area contributed by atoms with Gasteiger partial charge in [0.15, 0.2) is 0 Å². The van der Waals surface area contributed by atoms with Crippen LogP contribution in [0.2, 0.25) is 0 Å². The number of halogens is 2. The second-order valence-electron chi connectivity index (χ2n) is 4.11. The summed E-state index contributed by atoms with van der Waals surface area (Å²) in [5.41, 5.74) is 1.85. The van der Waals surface area contributed by atoms with Crippen LogP contribution in [0.4, 0.5) is 8.78 Å². The third-order valence-corrected chi connectivity index (χ3v) is 3.98. The van der Waals surface area contributed by atoms with Gasteiger partial charge in [-0.1, -0.05) is 18.2 Å². The summed E-state index contributed by atoms with van der Waals surface area (Å²) in [7, 11) is 1.81. The first-order chi connectivity index (χ1) is 9.13. The fraction of sp³-hybridized carbons (Fsp3) is 0.286. The fourth-order valence-corrected chi connectivity index (χ4v) is 3.08. The van der Waals surface area contributed by atoms with Crippen LogP contribution in [0.1, 0.15) is 22.0 Å². The highest BCUT2D eigenvalue weighted by Gasteiger charge is 2.20. The lowest BCUT2D eigenvalue weighted by Crippen LogP contribution is -2.19. The molecule has 0 fully saturated rings. The van der Waals surface area contributed by atoms with E-state index >= 15 is 0 Å². The molecular weight excluding hydrogens is 268 g/mol. The van der Waals surface area contributed by atoms with E-state index < -0.39 is 6.61 Å². The van der Waals surface area contributed by atoms with E-state index in [1.54, 1.807) is 29.5 Å². The zero-order valence-electron chi connectivity index (χ0n) is 10.7. The maximum Gasteiger partial charge on any atom is 0.387 e. The van der Waals surface area contributed by atoms with Crippen LogP contribution in [0.25, 0.3) is 0 Å². The number of nitrogens with one attached hydrogen (secondary N) is 1. The largest absolute Gasteiger partial charge is 0.434 e. The third-order valence-electron chi connectivity index (χ3n) is 2.90. The number of thiophene rings is 1. The van der Waals surface area contributed by atoms with Crippen LogP contribution in [0.3, 0.4) is 0 Å². The third kappa shape index (κ3) is 3.11. The lowest BCUT2D eigenvalue weighted by molar-refractivity contribution is -0.0506. The van der Waals surface area contributed by atoms with Crippen molar-refractivity contribution >= 4 is 11.3 Å². The van der Waals surface area contributed by atoms with Gasteiger partial charge in [-0.3, -0.25) is 0 Å². The van der Waals surface area contributed by atoms with Crippen LogP contribution in [-0.4, -0.2) is 13.7 Å². The van der Waals surface area contributed by atoms with Gasteiger partial charge in [0.25, 0.3) is 0 Å². The molecule has 0 saturated carbocycles. The molecule has 0 spiro atoms. The maximum absolute atomic E-state index is 12.4. The molecule has 0 aliphatic rings. The molecule has 0 saturated heterocycles. The van der Waals surface area contributed by atoms with Gasteiger partial charge >= 0.3 is 6.61 Å². The minimum Gasteiger partial charge on any atom is -0.434 e. The van der Waals surface area contributed by atoms with E-state index in [4.69, 9.17) is 0 Å². The van der Waals surface area contributed by atoms with Crippen molar-refractivity contribution in [3.8, 4) is 5.75 Å². The molecule has 0 bridgehead atoms. The number of hydrogen-bond acceptors (Lipinski definition) is 3. The molecule has 19 heavy (non-hydrogen) atoms. The van der Waals surface area contributed by atoms with Gasteiger partial charge < -0.3 is 10.1 Å². The first kappa shape index (κ1) is 14.0. The zero-order chi connectivity index (χ0) is 13.8. The smallest absolute Gasteiger partial charge is 0.387 e. The number of benzene rings is 1. The summed E-state index contributed by atoms with van der Waals surface area (Å²) < 4.78 is 29.5. The number of hydrogen-bond donors (Lipinski definition) is 1. The van der Waals surface area contributed by atoms with Crippen molar-refractivity contribution in [1.29, 1.82) is 0 Å². The predicted molar refractivity (Wildman–Crippen MR) is 73.0 cm³/mol. The summed E-state index contributed by atoms with van der Waals surface area (Å²) >= 11 is 1.60. The number of ether oxygens (including phenoxy) is 1. The second kappa shape index (κ2) is 6.12. The molecule has 1 aromatic heterocycles. The van der Waals surface area contributed by atoms with Crippen molar-refractivity contribution in [2.24, 2.45) is 0 Å². The van der Waals surface area contributed by atoms with Crippen LogP contribution < -0.4 is 10.1 Å². The summed E-state index contributed by atoms with van der Waals surface area (Å²) in [5.74, 6) is 0.213. The van der Waals surface area contributed by atoms with Crippen LogP contribution in [0.15, 0.2) is 35.7 Å². The van der Waals surface area contributed by atoms with E-state index in [1.165, 1.54) is 0 Å². The lowest BCUT2D eigenvalue weighted by atomic mass is 10.0. The van der Waals surface area contributed by atoms with Gasteiger partial charge in [-0.2, -0.15) is 8.78 Å². The van der Waals surface area contributed by atoms with Gasteiger partial charge in [-0.05, 0) is 37.0 Å². The van der Waals surface area contributed by atoms with Gasteiger partial charge in [0.05, 0.1) is 6.04 Å². The van der Waals surface area contributed by atoms with Crippen molar-refractivity contribution in [3.05, 3.63) is 51.7 Å². The van der Waals surface area contributed by atoms with Crippen molar-refractivity contribution in [3.63, 3.8) is 0 Å². The Bertz CT molecular complexity index is 542. The molecule has 102 valence electrons. The minimum atomic E-state index is -2.82. The molecule has 0 amide bonds. The molecule has 1 unspecified atom stereocenters. The first-order valence-corrected chi connectivity index (χ1v) is 6.76. The Labute approximate surface area is 115 Å².